The van der Waals surface area contributed by atoms with Gasteiger partial charge in [0.25, 0.3) is 0 Å². The van der Waals surface area contributed by atoms with Gasteiger partial charge < -0.3 is 9.88 Å². The summed E-state index contributed by atoms with van der Waals surface area (Å²) in [6.45, 7) is 11.1. The van der Waals surface area contributed by atoms with E-state index in [9.17, 15) is 4.79 Å². The van der Waals surface area contributed by atoms with E-state index in [4.69, 9.17) is 0 Å². The summed E-state index contributed by atoms with van der Waals surface area (Å²) in [7, 11) is 0. The summed E-state index contributed by atoms with van der Waals surface area (Å²) >= 11 is 1.42. The topological polar surface area (TPSA) is 59.8 Å². The van der Waals surface area contributed by atoms with Crippen LogP contribution in [0.5, 0.6) is 0 Å². The molecule has 1 N–H and O–H groups in total. The Morgan fingerprint density at radius 2 is 2.04 bits per heavy atom. The molecule has 1 aromatic heterocycles. The number of benzene rings is 1. The molecular formula is C17H24N4OS. The molecule has 6 heteroatoms. The van der Waals surface area contributed by atoms with Crippen molar-refractivity contribution in [2.75, 3.05) is 11.1 Å². The smallest absolute Gasteiger partial charge is 0.234 e. The average Bonchev–Trinajstić information content (AvgIpc) is 2.91. The van der Waals surface area contributed by atoms with Gasteiger partial charge in [0.2, 0.25) is 5.91 Å². The van der Waals surface area contributed by atoms with Gasteiger partial charge in [-0.15, -0.1) is 10.2 Å². The van der Waals surface area contributed by atoms with Crippen LogP contribution in [-0.4, -0.2) is 26.4 Å². The van der Waals surface area contributed by atoms with Crippen LogP contribution in [0.1, 0.15) is 43.6 Å². The highest BCUT2D eigenvalue weighted by Crippen LogP contribution is 2.22. The van der Waals surface area contributed by atoms with E-state index < -0.39 is 0 Å². The molecule has 23 heavy (non-hydrogen) atoms. The summed E-state index contributed by atoms with van der Waals surface area (Å²) in [5.74, 6) is 1.58. The lowest BCUT2D eigenvalue weighted by molar-refractivity contribution is -0.113. The number of nitrogens with zero attached hydrogens (tertiary/aromatic N) is 3. The van der Waals surface area contributed by atoms with Gasteiger partial charge in [0.1, 0.15) is 5.82 Å². The largest absolute Gasteiger partial charge is 0.325 e. The second-order valence-electron chi connectivity index (χ2n) is 5.89. The zero-order valence-electron chi connectivity index (χ0n) is 14.4. The molecule has 0 saturated carbocycles. The van der Waals surface area contributed by atoms with E-state index in [1.165, 1.54) is 17.3 Å². The van der Waals surface area contributed by atoms with Crippen LogP contribution >= 0.6 is 11.8 Å². The van der Waals surface area contributed by atoms with Gasteiger partial charge in [-0.05, 0) is 32.4 Å². The SMILES string of the molecule is CCn1c(SCC(=O)Nc2ccc(C)cc2C)nnc1C(C)C. The molecule has 1 heterocycles. The number of aromatic nitrogens is 3. The van der Waals surface area contributed by atoms with Gasteiger partial charge in [0, 0.05) is 18.2 Å². The molecule has 1 aromatic carbocycles. The van der Waals surface area contributed by atoms with Crippen LogP contribution in [-0.2, 0) is 11.3 Å². The van der Waals surface area contributed by atoms with Gasteiger partial charge >= 0.3 is 0 Å². The summed E-state index contributed by atoms with van der Waals surface area (Å²) in [6, 6.07) is 6.00. The van der Waals surface area contributed by atoms with E-state index in [2.05, 4.69) is 46.9 Å². The Labute approximate surface area is 141 Å². The molecule has 124 valence electrons. The van der Waals surface area contributed by atoms with Crippen LogP contribution in [0.15, 0.2) is 23.4 Å². The molecule has 0 radical (unpaired) electrons. The van der Waals surface area contributed by atoms with E-state index in [0.717, 1.165) is 28.8 Å². The van der Waals surface area contributed by atoms with Crippen LogP contribution in [0.3, 0.4) is 0 Å². The third-order valence-corrected chi connectivity index (χ3v) is 4.53. The summed E-state index contributed by atoms with van der Waals surface area (Å²) in [6.07, 6.45) is 0. The zero-order valence-corrected chi connectivity index (χ0v) is 15.2. The normalized spacial score (nSPS) is 11.0. The fraction of sp³-hybridized carbons (Fsp3) is 0.471. The van der Waals surface area contributed by atoms with Crippen molar-refractivity contribution in [1.29, 1.82) is 0 Å². The first kappa shape index (κ1) is 17.5. The van der Waals surface area contributed by atoms with Crippen molar-refractivity contribution in [2.45, 2.75) is 52.2 Å². The summed E-state index contributed by atoms with van der Waals surface area (Å²) in [5.41, 5.74) is 3.12. The number of amides is 1. The Bertz CT molecular complexity index is 694. The Morgan fingerprint density at radius 1 is 1.30 bits per heavy atom. The highest BCUT2D eigenvalue weighted by Gasteiger charge is 2.15. The molecule has 0 aliphatic heterocycles. The number of thioether (sulfide) groups is 1. The zero-order chi connectivity index (χ0) is 17.0. The highest BCUT2D eigenvalue weighted by atomic mass is 32.2. The van der Waals surface area contributed by atoms with Crippen molar-refractivity contribution in [3.8, 4) is 0 Å². The van der Waals surface area contributed by atoms with E-state index in [1.807, 2.05) is 26.0 Å². The second kappa shape index (κ2) is 7.64. The van der Waals surface area contributed by atoms with Crippen LogP contribution in [0, 0.1) is 13.8 Å². The van der Waals surface area contributed by atoms with Gasteiger partial charge in [0.15, 0.2) is 5.16 Å². The van der Waals surface area contributed by atoms with Gasteiger partial charge in [-0.3, -0.25) is 4.79 Å². The Kier molecular flexibility index (Phi) is 5.82. The first-order chi connectivity index (χ1) is 10.9. The van der Waals surface area contributed by atoms with Gasteiger partial charge in [-0.2, -0.15) is 0 Å². The molecule has 1 amide bonds. The minimum Gasteiger partial charge on any atom is -0.325 e. The van der Waals surface area contributed by atoms with Crippen LogP contribution < -0.4 is 5.32 Å². The van der Waals surface area contributed by atoms with Crippen molar-refractivity contribution < 1.29 is 4.79 Å². The molecule has 0 saturated heterocycles. The first-order valence-electron chi connectivity index (χ1n) is 7.85. The highest BCUT2D eigenvalue weighted by molar-refractivity contribution is 7.99. The van der Waals surface area contributed by atoms with Crippen molar-refractivity contribution >= 4 is 23.4 Å². The molecule has 0 spiro atoms. The third-order valence-electron chi connectivity index (χ3n) is 3.57. The first-order valence-corrected chi connectivity index (χ1v) is 8.84. The van der Waals surface area contributed by atoms with Gasteiger partial charge in [-0.25, -0.2) is 0 Å². The molecule has 0 aliphatic rings. The predicted molar refractivity (Wildman–Crippen MR) is 95.1 cm³/mol. The number of aryl methyl sites for hydroxylation is 2. The molecule has 0 fully saturated rings. The minimum absolute atomic E-state index is 0.0290. The van der Waals surface area contributed by atoms with Crippen molar-refractivity contribution in [2.24, 2.45) is 0 Å². The Morgan fingerprint density at radius 3 is 2.65 bits per heavy atom. The molecule has 5 nitrogen and oxygen atoms in total. The number of carbonyl (C=O) groups excluding carboxylic acids is 1. The number of carbonyl (C=O) groups is 1. The number of anilines is 1. The number of nitrogens with one attached hydrogen (secondary N) is 1. The summed E-state index contributed by atoms with van der Waals surface area (Å²) < 4.78 is 2.07. The average molecular weight is 332 g/mol. The lowest BCUT2D eigenvalue weighted by atomic mass is 10.1. The van der Waals surface area contributed by atoms with Crippen LogP contribution in [0.2, 0.25) is 0 Å². The van der Waals surface area contributed by atoms with Gasteiger partial charge in [-0.1, -0.05) is 43.3 Å². The predicted octanol–water partition coefficient (Wildman–Crippen LogP) is 3.77. The molecule has 0 atom stereocenters. The van der Waals surface area contributed by atoms with Crippen LogP contribution in [0.25, 0.3) is 0 Å². The molecular weight excluding hydrogens is 308 g/mol. The maximum atomic E-state index is 12.2. The lowest BCUT2D eigenvalue weighted by Crippen LogP contribution is -2.15. The summed E-state index contributed by atoms with van der Waals surface area (Å²) in [5, 5.41) is 12.2. The summed E-state index contributed by atoms with van der Waals surface area (Å²) in [4.78, 5) is 12.2. The maximum absolute atomic E-state index is 12.2. The Balaban J connectivity index is 1.99. The third kappa shape index (κ3) is 4.34. The van der Waals surface area contributed by atoms with E-state index in [-0.39, 0.29) is 5.91 Å². The van der Waals surface area contributed by atoms with Crippen LogP contribution in [0.4, 0.5) is 5.69 Å². The number of hydrogen-bond acceptors (Lipinski definition) is 4. The van der Waals surface area contributed by atoms with Crippen molar-refractivity contribution in [3.63, 3.8) is 0 Å². The van der Waals surface area contributed by atoms with Gasteiger partial charge in [0.05, 0.1) is 5.75 Å². The molecule has 2 rings (SSSR count). The molecule has 0 aliphatic carbocycles. The van der Waals surface area contributed by atoms with Crippen molar-refractivity contribution in [3.05, 3.63) is 35.2 Å². The van der Waals surface area contributed by atoms with E-state index in [1.54, 1.807) is 0 Å². The fourth-order valence-electron chi connectivity index (χ4n) is 2.40. The number of hydrogen-bond donors (Lipinski definition) is 1. The monoisotopic (exact) mass is 332 g/mol. The Hall–Kier alpha value is -1.82. The standard InChI is InChI=1S/C17H24N4OS/c1-6-21-16(11(2)3)19-20-17(21)23-10-15(22)18-14-8-7-12(4)9-13(14)5/h7-9,11H,6,10H2,1-5H3,(H,18,22). The fourth-order valence-corrected chi connectivity index (χ4v) is 3.21. The van der Waals surface area contributed by atoms with Crippen molar-refractivity contribution in [1.82, 2.24) is 14.8 Å². The second-order valence-corrected chi connectivity index (χ2v) is 6.84. The molecule has 0 bridgehead atoms. The maximum Gasteiger partial charge on any atom is 0.234 e. The quantitative estimate of drug-likeness (QED) is 0.818. The van der Waals surface area contributed by atoms with E-state index >= 15 is 0 Å². The molecule has 2 aromatic rings. The number of rotatable bonds is 6. The minimum atomic E-state index is -0.0290. The molecule has 0 unspecified atom stereocenters. The van der Waals surface area contributed by atoms with E-state index in [0.29, 0.717) is 11.7 Å². The lowest BCUT2D eigenvalue weighted by Gasteiger charge is -2.10.